The highest BCUT2D eigenvalue weighted by Gasteiger charge is 2.31. The van der Waals surface area contributed by atoms with Gasteiger partial charge in [0.2, 0.25) is 5.91 Å². The molecular weight excluding hydrogens is 411 g/mol. The maximum Gasteiger partial charge on any atom is 0.573 e. The number of ether oxygens (including phenoxy) is 1. The van der Waals surface area contributed by atoms with Crippen LogP contribution in [-0.2, 0) is 11.3 Å². The number of furan rings is 1. The Balaban J connectivity index is 1.62. The lowest BCUT2D eigenvalue weighted by Crippen LogP contribution is -2.18. The fourth-order valence-corrected chi connectivity index (χ4v) is 2.94. The van der Waals surface area contributed by atoms with Crippen molar-refractivity contribution in [3.63, 3.8) is 0 Å². The number of halogens is 3. The van der Waals surface area contributed by atoms with Crippen LogP contribution in [0, 0.1) is 0 Å². The molecule has 2 N–H and O–H groups in total. The smallest absolute Gasteiger partial charge is 0.458 e. The molecule has 0 spiro atoms. The van der Waals surface area contributed by atoms with Crippen LogP contribution in [0.4, 0.5) is 18.3 Å². The summed E-state index contributed by atoms with van der Waals surface area (Å²) < 4.78 is 45.9. The zero-order valence-corrected chi connectivity index (χ0v) is 15.7. The minimum Gasteiger partial charge on any atom is -0.458 e. The first-order chi connectivity index (χ1) is 13.7. The van der Waals surface area contributed by atoms with Crippen LogP contribution in [0.15, 0.2) is 46.2 Å². The van der Waals surface area contributed by atoms with E-state index >= 15 is 0 Å². The molecule has 1 aromatic carbocycles. The minimum atomic E-state index is -4.80. The topological polar surface area (TPSA) is 93.5 Å². The monoisotopic (exact) mass is 425 g/mol. The SMILES string of the molecule is CC(=O)NCc1ccc(-c2csc(NC(=O)c3ccc(OC(F)(F)F)cc3)n2)o1. The van der Waals surface area contributed by atoms with Gasteiger partial charge >= 0.3 is 6.36 Å². The first kappa shape index (κ1) is 20.4. The molecule has 152 valence electrons. The van der Waals surface area contributed by atoms with Crippen molar-refractivity contribution in [1.29, 1.82) is 0 Å². The zero-order valence-electron chi connectivity index (χ0n) is 14.9. The molecule has 0 aliphatic heterocycles. The summed E-state index contributed by atoms with van der Waals surface area (Å²) in [5.74, 6) is -0.112. The Morgan fingerprint density at radius 1 is 1.17 bits per heavy atom. The van der Waals surface area contributed by atoms with Gasteiger partial charge in [-0.2, -0.15) is 0 Å². The zero-order chi connectivity index (χ0) is 21.0. The minimum absolute atomic E-state index is 0.145. The highest BCUT2D eigenvalue weighted by Crippen LogP contribution is 2.27. The lowest BCUT2D eigenvalue weighted by atomic mass is 10.2. The van der Waals surface area contributed by atoms with E-state index < -0.39 is 18.0 Å². The average Bonchev–Trinajstić information content (AvgIpc) is 3.28. The van der Waals surface area contributed by atoms with E-state index in [1.165, 1.54) is 19.1 Å². The quantitative estimate of drug-likeness (QED) is 0.618. The molecule has 0 saturated heterocycles. The third-order valence-electron chi connectivity index (χ3n) is 3.50. The summed E-state index contributed by atoms with van der Waals surface area (Å²) in [6.07, 6.45) is -4.80. The third-order valence-corrected chi connectivity index (χ3v) is 4.26. The number of aromatic nitrogens is 1. The summed E-state index contributed by atoms with van der Waals surface area (Å²) in [6, 6.07) is 7.92. The number of hydrogen-bond donors (Lipinski definition) is 2. The predicted octanol–water partition coefficient (Wildman–Crippen LogP) is 4.19. The fourth-order valence-electron chi connectivity index (χ4n) is 2.24. The van der Waals surface area contributed by atoms with E-state index in [1.54, 1.807) is 17.5 Å². The van der Waals surface area contributed by atoms with Gasteiger partial charge in [-0.1, -0.05) is 0 Å². The molecule has 0 unspecified atom stereocenters. The number of rotatable bonds is 6. The Kier molecular flexibility index (Phi) is 5.87. The van der Waals surface area contributed by atoms with Crippen LogP contribution in [0.1, 0.15) is 23.0 Å². The summed E-state index contributed by atoms with van der Waals surface area (Å²) >= 11 is 1.16. The molecule has 2 amide bonds. The number of amides is 2. The summed E-state index contributed by atoms with van der Waals surface area (Å²) in [4.78, 5) is 27.4. The Morgan fingerprint density at radius 2 is 1.90 bits per heavy atom. The summed E-state index contributed by atoms with van der Waals surface area (Å²) in [7, 11) is 0. The number of thiazole rings is 1. The average molecular weight is 425 g/mol. The molecule has 0 atom stereocenters. The van der Waals surface area contributed by atoms with Gasteiger partial charge in [0, 0.05) is 17.9 Å². The molecule has 0 fully saturated rings. The molecule has 7 nitrogen and oxygen atoms in total. The maximum atomic E-state index is 12.2. The Bertz CT molecular complexity index is 1010. The van der Waals surface area contributed by atoms with Crippen molar-refractivity contribution in [3.8, 4) is 17.2 Å². The molecule has 0 saturated carbocycles. The van der Waals surface area contributed by atoms with Crippen molar-refractivity contribution < 1.29 is 31.9 Å². The molecule has 0 bridgehead atoms. The van der Waals surface area contributed by atoms with Crippen molar-refractivity contribution in [2.45, 2.75) is 19.8 Å². The number of carbonyl (C=O) groups is 2. The van der Waals surface area contributed by atoms with Crippen LogP contribution >= 0.6 is 11.3 Å². The first-order valence-corrected chi connectivity index (χ1v) is 9.04. The van der Waals surface area contributed by atoms with Crippen molar-refractivity contribution in [1.82, 2.24) is 10.3 Å². The number of benzene rings is 1. The van der Waals surface area contributed by atoms with Crippen molar-refractivity contribution in [2.75, 3.05) is 5.32 Å². The lowest BCUT2D eigenvalue weighted by molar-refractivity contribution is -0.274. The van der Waals surface area contributed by atoms with Gasteiger partial charge in [-0.3, -0.25) is 14.9 Å². The van der Waals surface area contributed by atoms with Gasteiger partial charge in [-0.05, 0) is 36.4 Å². The second-order valence-corrected chi connectivity index (χ2v) is 6.60. The fraction of sp³-hybridized carbons (Fsp3) is 0.167. The molecule has 2 aromatic heterocycles. The Hall–Kier alpha value is -3.34. The number of hydrogen-bond acceptors (Lipinski definition) is 6. The van der Waals surface area contributed by atoms with Crippen LogP contribution in [0.5, 0.6) is 5.75 Å². The van der Waals surface area contributed by atoms with Gasteiger partial charge in [0.1, 0.15) is 17.2 Å². The van der Waals surface area contributed by atoms with Gasteiger partial charge in [-0.15, -0.1) is 24.5 Å². The van der Waals surface area contributed by atoms with E-state index in [-0.39, 0.29) is 18.0 Å². The van der Waals surface area contributed by atoms with E-state index in [1.807, 2.05) is 0 Å². The van der Waals surface area contributed by atoms with Crippen LogP contribution in [-0.4, -0.2) is 23.2 Å². The molecule has 2 heterocycles. The first-order valence-electron chi connectivity index (χ1n) is 8.16. The normalized spacial score (nSPS) is 11.2. The molecular formula is C18H14F3N3O4S. The number of nitrogens with one attached hydrogen (secondary N) is 2. The summed E-state index contributed by atoms with van der Waals surface area (Å²) in [5, 5.41) is 7.15. The van der Waals surface area contributed by atoms with E-state index in [0.717, 1.165) is 23.5 Å². The van der Waals surface area contributed by atoms with Gasteiger partial charge in [0.05, 0.1) is 6.54 Å². The number of nitrogens with zero attached hydrogens (tertiary/aromatic N) is 1. The highest BCUT2D eigenvalue weighted by molar-refractivity contribution is 7.14. The number of anilines is 1. The molecule has 3 rings (SSSR count). The third kappa shape index (κ3) is 5.82. The standard InChI is InChI=1S/C18H14F3N3O4S/c1-10(25)22-8-13-6-7-15(27-13)14-9-29-17(23-14)24-16(26)11-2-4-12(5-3-11)28-18(19,20)21/h2-7,9H,8H2,1H3,(H,22,25)(H,23,24,26). The Labute approximate surface area is 166 Å². The largest absolute Gasteiger partial charge is 0.573 e. The van der Waals surface area contributed by atoms with Crippen LogP contribution in [0.25, 0.3) is 11.5 Å². The molecule has 0 radical (unpaired) electrons. The van der Waals surface area contributed by atoms with E-state index in [2.05, 4.69) is 20.4 Å². The molecule has 11 heteroatoms. The van der Waals surface area contributed by atoms with E-state index in [4.69, 9.17) is 4.42 Å². The predicted molar refractivity (Wildman–Crippen MR) is 98.4 cm³/mol. The summed E-state index contributed by atoms with van der Waals surface area (Å²) in [5.41, 5.74) is 0.639. The number of carbonyl (C=O) groups excluding carboxylic acids is 2. The van der Waals surface area contributed by atoms with Crippen molar-refractivity contribution in [3.05, 3.63) is 53.1 Å². The van der Waals surface area contributed by atoms with E-state index in [0.29, 0.717) is 22.3 Å². The molecule has 29 heavy (non-hydrogen) atoms. The van der Waals surface area contributed by atoms with Gasteiger partial charge < -0.3 is 14.5 Å². The Morgan fingerprint density at radius 3 is 2.55 bits per heavy atom. The highest BCUT2D eigenvalue weighted by atomic mass is 32.1. The van der Waals surface area contributed by atoms with Crippen LogP contribution in [0.2, 0.25) is 0 Å². The second kappa shape index (κ2) is 8.35. The van der Waals surface area contributed by atoms with Crippen LogP contribution < -0.4 is 15.4 Å². The summed E-state index contributed by atoms with van der Waals surface area (Å²) in [6.45, 7) is 1.65. The maximum absolute atomic E-state index is 12.2. The molecule has 3 aromatic rings. The van der Waals surface area contributed by atoms with Crippen LogP contribution in [0.3, 0.4) is 0 Å². The molecule has 0 aliphatic carbocycles. The molecule has 0 aliphatic rings. The van der Waals surface area contributed by atoms with Crippen molar-refractivity contribution >= 4 is 28.3 Å². The van der Waals surface area contributed by atoms with Crippen molar-refractivity contribution in [2.24, 2.45) is 0 Å². The number of alkyl halides is 3. The van der Waals surface area contributed by atoms with Gasteiger partial charge in [-0.25, -0.2) is 4.98 Å². The lowest BCUT2D eigenvalue weighted by Gasteiger charge is -2.09. The second-order valence-electron chi connectivity index (χ2n) is 5.74. The van der Waals surface area contributed by atoms with E-state index in [9.17, 15) is 22.8 Å². The van der Waals surface area contributed by atoms with Gasteiger partial charge in [0.15, 0.2) is 10.9 Å². The van der Waals surface area contributed by atoms with Gasteiger partial charge in [0.25, 0.3) is 5.91 Å².